The molecule has 0 radical (unpaired) electrons. The predicted molar refractivity (Wildman–Crippen MR) is 93.2 cm³/mol. The van der Waals surface area contributed by atoms with Gasteiger partial charge in [0.1, 0.15) is 18.1 Å². The van der Waals surface area contributed by atoms with Crippen LogP contribution in [-0.2, 0) is 13.2 Å². The Labute approximate surface area is 144 Å². The first-order valence-electron chi connectivity index (χ1n) is 7.80. The summed E-state index contributed by atoms with van der Waals surface area (Å²) in [4.78, 5) is 22.9. The standard InChI is InChI=1S/C19H17N3O3/c23-18-11-10-17(21-22-18)19(24)20-12-14-6-8-15(9-7-14)13-25-16-4-2-1-3-5-16/h1-11H,12-13H2,(H,20,24)(H,22,23). The van der Waals surface area contributed by atoms with E-state index in [9.17, 15) is 9.59 Å². The van der Waals surface area contributed by atoms with Gasteiger partial charge in [0, 0.05) is 12.6 Å². The van der Waals surface area contributed by atoms with Crippen molar-refractivity contribution in [2.45, 2.75) is 13.2 Å². The number of para-hydroxylation sites is 1. The summed E-state index contributed by atoms with van der Waals surface area (Å²) >= 11 is 0. The summed E-state index contributed by atoms with van der Waals surface area (Å²) in [6.45, 7) is 0.859. The van der Waals surface area contributed by atoms with Gasteiger partial charge in [0.15, 0.2) is 0 Å². The van der Waals surface area contributed by atoms with Gasteiger partial charge in [-0.15, -0.1) is 0 Å². The Hall–Kier alpha value is -3.41. The lowest BCUT2D eigenvalue weighted by Crippen LogP contribution is -2.25. The molecule has 3 rings (SSSR count). The van der Waals surface area contributed by atoms with Gasteiger partial charge >= 0.3 is 0 Å². The highest BCUT2D eigenvalue weighted by Crippen LogP contribution is 2.12. The third-order valence-electron chi connectivity index (χ3n) is 3.54. The number of rotatable bonds is 6. The van der Waals surface area contributed by atoms with E-state index in [0.717, 1.165) is 16.9 Å². The van der Waals surface area contributed by atoms with Crippen molar-refractivity contribution in [2.75, 3.05) is 0 Å². The molecule has 126 valence electrons. The maximum Gasteiger partial charge on any atom is 0.271 e. The SMILES string of the molecule is O=C(NCc1ccc(COc2ccccc2)cc1)c1ccc(=O)[nH]n1. The Morgan fingerprint density at radius 3 is 2.36 bits per heavy atom. The van der Waals surface area contributed by atoms with Crippen molar-refractivity contribution in [1.29, 1.82) is 0 Å². The summed E-state index contributed by atoms with van der Waals surface area (Å²) < 4.78 is 5.69. The summed E-state index contributed by atoms with van der Waals surface area (Å²) in [5.74, 6) is 0.486. The number of carbonyl (C=O) groups excluding carboxylic acids is 1. The lowest BCUT2D eigenvalue weighted by atomic mass is 10.1. The molecule has 0 atom stereocenters. The van der Waals surface area contributed by atoms with Gasteiger partial charge in [0.05, 0.1) is 0 Å². The van der Waals surface area contributed by atoms with Crippen LogP contribution in [0, 0.1) is 0 Å². The monoisotopic (exact) mass is 335 g/mol. The van der Waals surface area contributed by atoms with Gasteiger partial charge in [0.25, 0.3) is 11.5 Å². The van der Waals surface area contributed by atoms with Crippen LogP contribution < -0.4 is 15.6 Å². The fourth-order valence-electron chi connectivity index (χ4n) is 2.18. The van der Waals surface area contributed by atoms with E-state index < -0.39 is 0 Å². The summed E-state index contributed by atoms with van der Waals surface area (Å²) in [5.41, 5.74) is 1.83. The molecule has 1 amide bonds. The second-order valence-electron chi connectivity index (χ2n) is 5.41. The molecule has 25 heavy (non-hydrogen) atoms. The zero-order chi connectivity index (χ0) is 17.5. The molecule has 2 aromatic carbocycles. The van der Waals surface area contributed by atoms with Gasteiger partial charge in [-0.2, -0.15) is 5.10 Å². The molecule has 1 aromatic heterocycles. The van der Waals surface area contributed by atoms with Crippen molar-refractivity contribution in [3.63, 3.8) is 0 Å². The summed E-state index contributed by atoms with van der Waals surface area (Å²) in [7, 11) is 0. The van der Waals surface area contributed by atoms with E-state index in [1.807, 2.05) is 54.6 Å². The first-order chi connectivity index (χ1) is 12.2. The molecular formula is C19H17N3O3. The third kappa shape index (κ3) is 4.78. The molecule has 0 aliphatic carbocycles. The van der Waals surface area contributed by atoms with E-state index >= 15 is 0 Å². The highest BCUT2D eigenvalue weighted by Gasteiger charge is 2.06. The first-order valence-corrected chi connectivity index (χ1v) is 7.80. The number of aromatic amines is 1. The van der Waals surface area contributed by atoms with Crippen molar-refractivity contribution < 1.29 is 9.53 Å². The van der Waals surface area contributed by atoms with Crippen LogP contribution in [0.4, 0.5) is 0 Å². The van der Waals surface area contributed by atoms with Crippen LogP contribution in [0.1, 0.15) is 21.6 Å². The van der Waals surface area contributed by atoms with Crippen molar-refractivity contribution in [1.82, 2.24) is 15.5 Å². The van der Waals surface area contributed by atoms with Gasteiger partial charge in [0.2, 0.25) is 0 Å². The second kappa shape index (κ2) is 7.92. The fraction of sp³-hybridized carbons (Fsp3) is 0.105. The summed E-state index contributed by atoms with van der Waals surface area (Å²) in [6.07, 6.45) is 0. The summed E-state index contributed by atoms with van der Waals surface area (Å²) in [5, 5.41) is 8.68. The lowest BCUT2D eigenvalue weighted by molar-refractivity contribution is 0.0945. The van der Waals surface area contributed by atoms with Gasteiger partial charge in [-0.3, -0.25) is 9.59 Å². The molecule has 1 heterocycles. The number of carbonyl (C=O) groups is 1. The van der Waals surface area contributed by atoms with Crippen molar-refractivity contribution in [2.24, 2.45) is 0 Å². The molecule has 0 saturated carbocycles. The second-order valence-corrected chi connectivity index (χ2v) is 5.41. The van der Waals surface area contributed by atoms with Gasteiger partial charge < -0.3 is 10.1 Å². The van der Waals surface area contributed by atoms with E-state index in [1.165, 1.54) is 12.1 Å². The molecule has 0 bridgehead atoms. The average molecular weight is 335 g/mol. The highest BCUT2D eigenvalue weighted by atomic mass is 16.5. The van der Waals surface area contributed by atoms with Gasteiger partial charge in [-0.05, 0) is 29.3 Å². The van der Waals surface area contributed by atoms with Crippen LogP contribution >= 0.6 is 0 Å². The Balaban J connectivity index is 1.51. The molecule has 0 aliphatic heterocycles. The van der Waals surface area contributed by atoms with Gasteiger partial charge in [-0.1, -0.05) is 42.5 Å². The number of ether oxygens (including phenoxy) is 1. The van der Waals surface area contributed by atoms with E-state index in [-0.39, 0.29) is 17.2 Å². The van der Waals surface area contributed by atoms with Crippen molar-refractivity contribution in [3.05, 3.63) is 93.9 Å². The van der Waals surface area contributed by atoms with Crippen LogP contribution in [0.2, 0.25) is 0 Å². The van der Waals surface area contributed by atoms with Crippen LogP contribution in [0.5, 0.6) is 5.75 Å². The first kappa shape index (κ1) is 16.4. The normalized spacial score (nSPS) is 10.2. The number of amides is 1. The molecule has 0 spiro atoms. The topological polar surface area (TPSA) is 84.1 Å². The number of benzene rings is 2. The number of aromatic nitrogens is 2. The van der Waals surface area contributed by atoms with E-state index in [1.54, 1.807) is 0 Å². The number of H-pyrrole nitrogens is 1. The van der Waals surface area contributed by atoms with E-state index in [4.69, 9.17) is 4.74 Å². The third-order valence-corrected chi connectivity index (χ3v) is 3.54. The molecule has 6 heteroatoms. The van der Waals surface area contributed by atoms with E-state index in [2.05, 4.69) is 15.5 Å². The number of hydrogen-bond donors (Lipinski definition) is 2. The lowest BCUT2D eigenvalue weighted by Gasteiger charge is -2.08. The molecule has 3 aromatic rings. The molecule has 0 aliphatic rings. The van der Waals surface area contributed by atoms with E-state index in [0.29, 0.717) is 13.2 Å². The maximum absolute atomic E-state index is 11.9. The Bertz CT molecular complexity index is 869. The predicted octanol–water partition coefficient (Wildman–Crippen LogP) is 2.28. The largest absolute Gasteiger partial charge is 0.489 e. The minimum absolute atomic E-state index is 0.174. The van der Waals surface area contributed by atoms with Crippen molar-refractivity contribution in [3.8, 4) is 5.75 Å². The number of nitrogens with one attached hydrogen (secondary N) is 2. The number of nitrogens with zero attached hydrogens (tertiary/aromatic N) is 1. The molecule has 2 N–H and O–H groups in total. The highest BCUT2D eigenvalue weighted by molar-refractivity contribution is 5.91. The molecule has 0 fully saturated rings. The molecular weight excluding hydrogens is 318 g/mol. The van der Waals surface area contributed by atoms with Crippen LogP contribution in [0.25, 0.3) is 0 Å². The quantitative estimate of drug-likeness (QED) is 0.724. The van der Waals surface area contributed by atoms with Crippen molar-refractivity contribution >= 4 is 5.91 Å². The Kier molecular flexibility index (Phi) is 5.21. The van der Waals surface area contributed by atoms with Gasteiger partial charge in [-0.25, -0.2) is 5.10 Å². The zero-order valence-electron chi connectivity index (χ0n) is 13.4. The van der Waals surface area contributed by atoms with Crippen LogP contribution in [-0.4, -0.2) is 16.1 Å². The summed E-state index contributed by atoms with van der Waals surface area (Å²) in [6, 6.07) is 20.1. The molecule has 6 nitrogen and oxygen atoms in total. The average Bonchev–Trinajstić information content (AvgIpc) is 2.67. The smallest absolute Gasteiger partial charge is 0.271 e. The molecule has 0 saturated heterocycles. The maximum atomic E-state index is 11.9. The molecule has 0 unspecified atom stereocenters. The van der Waals surface area contributed by atoms with Crippen LogP contribution in [0.3, 0.4) is 0 Å². The number of hydrogen-bond acceptors (Lipinski definition) is 4. The minimum Gasteiger partial charge on any atom is -0.489 e. The minimum atomic E-state index is -0.343. The Morgan fingerprint density at radius 2 is 1.68 bits per heavy atom. The van der Waals surface area contributed by atoms with Crippen LogP contribution in [0.15, 0.2) is 71.5 Å². The zero-order valence-corrected chi connectivity index (χ0v) is 13.4. The Morgan fingerprint density at radius 1 is 0.960 bits per heavy atom. The fourth-order valence-corrected chi connectivity index (χ4v) is 2.18.